The molecule has 0 radical (unpaired) electrons. The molecule has 34 heavy (non-hydrogen) atoms. The predicted octanol–water partition coefficient (Wildman–Crippen LogP) is 7.26. The molecule has 0 aliphatic carbocycles. The number of esters is 1. The minimum absolute atomic E-state index is 0.0576. The molecule has 0 aliphatic heterocycles. The van der Waals surface area contributed by atoms with Crippen LogP contribution in [-0.4, -0.2) is 17.8 Å². The van der Waals surface area contributed by atoms with Crippen LogP contribution in [0.1, 0.15) is 21.6 Å². The molecule has 0 amide bonds. The van der Waals surface area contributed by atoms with Crippen LogP contribution in [0.25, 0.3) is 11.3 Å². The summed E-state index contributed by atoms with van der Waals surface area (Å²) in [5.41, 5.74) is 7.33. The Morgan fingerprint density at radius 1 is 1.09 bits per heavy atom. The summed E-state index contributed by atoms with van der Waals surface area (Å²) in [5, 5.41) is 0.537. The number of hydrogen-bond donors (Lipinski definition) is 1. The highest BCUT2D eigenvalue weighted by atomic mass is 79.9. The number of carbonyl (C=O) groups is 1. The Labute approximate surface area is 210 Å². The van der Waals surface area contributed by atoms with Gasteiger partial charge in [0.2, 0.25) is 0 Å². The first-order valence-corrected chi connectivity index (χ1v) is 11.5. The van der Waals surface area contributed by atoms with E-state index in [0.29, 0.717) is 32.1 Å². The molecule has 4 aromatic rings. The van der Waals surface area contributed by atoms with E-state index in [9.17, 15) is 9.18 Å². The van der Waals surface area contributed by atoms with Gasteiger partial charge in [0.1, 0.15) is 18.2 Å². The number of nitrogens with one attached hydrogen (secondary N) is 1. The summed E-state index contributed by atoms with van der Waals surface area (Å²) in [5.74, 6) is -0.216. The highest BCUT2D eigenvalue weighted by molar-refractivity contribution is 9.10. The largest absolute Gasteiger partial charge is 0.488 e. The van der Waals surface area contributed by atoms with Crippen molar-refractivity contribution in [1.82, 2.24) is 4.68 Å². The zero-order valence-corrected chi connectivity index (χ0v) is 20.8. The van der Waals surface area contributed by atoms with Crippen LogP contribution in [0.15, 0.2) is 77.3 Å². The second-order valence-corrected chi connectivity index (χ2v) is 8.90. The summed E-state index contributed by atoms with van der Waals surface area (Å²) in [6.45, 7) is 2.00. The Balaban J connectivity index is 1.67. The van der Waals surface area contributed by atoms with E-state index in [1.807, 2.05) is 29.8 Å². The molecular formula is C26H21BrClFN2O3. The third-order valence-electron chi connectivity index (χ3n) is 5.22. The van der Waals surface area contributed by atoms with Crippen molar-refractivity contribution in [3.63, 3.8) is 0 Å². The molecule has 8 heteroatoms. The average molecular weight is 544 g/mol. The summed E-state index contributed by atoms with van der Waals surface area (Å²) in [6, 6.07) is 21.0. The fourth-order valence-electron chi connectivity index (χ4n) is 3.48. The minimum Gasteiger partial charge on any atom is -0.488 e. The first-order valence-electron chi connectivity index (χ1n) is 10.4. The molecule has 0 atom stereocenters. The Bertz CT molecular complexity index is 1360. The Hall–Kier alpha value is -3.29. The standard InChI is InChI=1S/C26H21BrClFN2O3/c1-16-6-10-24(31(16)30-21-5-3-4-17(12-21)26(32)33-2)22-14-20(28)9-11-25(22)34-15-18-7-8-19(27)13-23(18)29/h3-14,30H,15H2,1-2H3. The molecule has 0 saturated heterocycles. The van der Waals surface area contributed by atoms with Crippen LogP contribution < -0.4 is 10.2 Å². The maximum atomic E-state index is 14.3. The Morgan fingerprint density at radius 2 is 1.91 bits per heavy atom. The van der Waals surface area contributed by atoms with Crippen molar-refractivity contribution in [2.24, 2.45) is 0 Å². The van der Waals surface area contributed by atoms with Crippen molar-refractivity contribution in [3.8, 4) is 17.0 Å². The third kappa shape index (κ3) is 5.26. The van der Waals surface area contributed by atoms with Gasteiger partial charge in [-0.3, -0.25) is 10.1 Å². The number of anilines is 1. The van der Waals surface area contributed by atoms with Gasteiger partial charge in [0.05, 0.1) is 24.1 Å². The van der Waals surface area contributed by atoms with Crippen molar-refractivity contribution in [2.75, 3.05) is 12.5 Å². The van der Waals surface area contributed by atoms with Crippen molar-refractivity contribution in [3.05, 3.63) is 105 Å². The van der Waals surface area contributed by atoms with Crippen LogP contribution in [0, 0.1) is 12.7 Å². The van der Waals surface area contributed by atoms with Gasteiger partial charge in [-0.25, -0.2) is 9.18 Å². The van der Waals surface area contributed by atoms with Crippen molar-refractivity contribution >= 4 is 39.2 Å². The van der Waals surface area contributed by atoms with E-state index in [1.165, 1.54) is 13.2 Å². The average Bonchev–Trinajstić information content (AvgIpc) is 3.18. The summed E-state index contributed by atoms with van der Waals surface area (Å²) in [7, 11) is 1.34. The number of halogens is 3. The second-order valence-electron chi connectivity index (χ2n) is 7.54. The van der Waals surface area contributed by atoms with Gasteiger partial charge < -0.3 is 9.47 Å². The lowest BCUT2D eigenvalue weighted by Crippen LogP contribution is -2.13. The van der Waals surface area contributed by atoms with Gasteiger partial charge in [-0.05, 0) is 67.6 Å². The van der Waals surface area contributed by atoms with Crippen LogP contribution >= 0.6 is 27.5 Å². The molecule has 1 aromatic heterocycles. The van der Waals surface area contributed by atoms with E-state index in [-0.39, 0.29) is 12.4 Å². The van der Waals surface area contributed by atoms with E-state index in [1.54, 1.807) is 48.5 Å². The van der Waals surface area contributed by atoms with E-state index in [2.05, 4.69) is 21.4 Å². The predicted molar refractivity (Wildman–Crippen MR) is 135 cm³/mol. The van der Waals surface area contributed by atoms with Crippen molar-refractivity contribution in [2.45, 2.75) is 13.5 Å². The quantitative estimate of drug-likeness (QED) is 0.249. The number of benzene rings is 3. The molecule has 0 aliphatic rings. The number of nitrogens with zero attached hydrogens (tertiary/aromatic N) is 1. The molecule has 1 heterocycles. The molecule has 4 rings (SSSR count). The number of carbonyl (C=O) groups excluding carboxylic acids is 1. The normalized spacial score (nSPS) is 10.7. The zero-order chi connectivity index (χ0) is 24.2. The molecule has 174 valence electrons. The topological polar surface area (TPSA) is 52.5 Å². The third-order valence-corrected chi connectivity index (χ3v) is 5.94. The highest BCUT2D eigenvalue weighted by Gasteiger charge is 2.15. The highest BCUT2D eigenvalue weighted by Crippen LogP contribution is 2.35. The summed E-state index contributed by atoms with van der Waals surface area (Å²) >= 11 is 9.58. The summed E-state index contributed by atoms with van der Waals surface area (Å²) in [6.07, 6.45) is 0. The Morgan fingerprint density at radius 3 is 2.68 bits per heavy atom. The number of methoxy groups -OCH3 is 1. The first kappa shape index (κ1) is 23.9. The fraction of sp³-hybridized carbons (Fsp3) is 0.115. The lowest BCUT2D eigenvalue weighted by Gasteiger charge is -2.18. The monoisotopic (exact) mass is 542 g/mol. The van der Waals surface area contributed by atoms with Crippen LogP contribution in [0.5, 0.6) is 5.75 Å². The van der Waals surface area contributed by atoms with E-state index in [4.69, 9.17) is 21.1 Å². The fourth-order valence-corrected chi connectivity index (χ4v) is 3.99. The van der Waals surface area contributed by atoms with Gasteiger partial charge in [-0.2, -0.15) is 0 Å². The lowest BCUT2D eigenvalue weighted by atomic mass is 10.1. The molecule has 0 saturated carbocycles. The molecule has 0 bridgehead atoms. The number of aryl methyl sites for hydroxylation is 1. The number of hydrogen-bond acceptors (Lipinski definition) is 4. The maximum Gasteiger partial charge on any atom is 0.337 e. The first-order chi connectivity index (χ1) is 16.4. The number of ether oxygens (including phenoxy) is 2. The van der Waals surface area contributed by atoms with Crippen LogP contribution in [0.2, 0.25) is 5.02 Å². The van der Waals surface area contributed by atoms with Gasteiger partial charge >= 0.3 is 5.97 Å². The molecular weight excluding hydrogens is 523 g/mol. The second kappa shape index (κ2) is 10.3. The van der Waals surface area contributed by atoms with Crippen LogP contribution in [0.3, 0.4) is 0 Å². The van der Waals surface area contributed by atoms with Gasteiger partial charge in [0.15, 0.2) is 0 Å². The van der Waals surface area contributed by atoms with Gasteiger partial charge in [0.25, 0.3) is 0 Å². The molecule has 5 nitrogen and oxygen atoms in total. The minimum atomic E-state index is -0.418. The zero-order valence-electron chi connectivity index (χ0n) is 18.4. The molecule has 0 fully saturated rings. The molecule has 3 aromatic carbocycles. The maximum absolute atomic E-state index is 14.3. The van der Waals surface area contributed by atoms with Crippen LogP contribution in [-0.2, 0) is 11.3 Å². The summed E-state index contributed by atoms with van der Waals surface area (Å²) < 4.78 is 27.7. The van der Waals surface area contributed by atoms with E-state index < -0.39 is 5.97 Å². The molecule has 1 N–H and O–H groups in total. The van der Waals surface area contributed by atoms with E-state index in [0.717, 1.165) is 17.0 Å². The van der Waals surface area contributed by atoms with Gasteiger partial charge in [0, 0.05) is 26.3 Å². The van der Waals surface area contributed by atoms with E-state index >= 15 is 0 Å². The molecule has 0 spiro atoms. The van der Waals surface area contributed by atoms with Crippen molar-refractivity contribution < 1.29 is 18.7 Å². The van der Waals surface area contributed by atoms with Crippen molar-refractivity contribution in [1.29, 1.82) is 0 Å². The van der Waals surface area contributed by atoms with Gasteiger partial charge in [-0.1, -0.05) is 39.7 Å². The Kier molecular flexibility index (Phi) is 7.24. The number of aromatic nitrogens is 1. The smallest absolute Gasteiger partial charge is 0.337 e. The number of rotatable bonds is 7. The van der Waals surface area contributed by atoms with Crippen LogP contribution in [0.4, 0.5) is 10.1 Å². The lowest BCUT2D eigenvalue weighted by molar-refractivity contribution is 0.0601. The SMILES string of the molecule is COC(=O)c1cccc(Nn2c(C)ccc2-c2cc(Cl)ccc2OCc2ccc(Br)cc2F)c1. The summed E-state index contributed by atoms with van der Waals surface area (Å²) in [4.78, 5) is 11.9. The molecule has 0 unspecified atom stereocenters. The van der Waals surface area contributed by atoms with Gasteiger partial charge in [-0.15, -0.1) is 0 Å².